The number of aromatic amines is 1. The second-order valence-corrected chi connectivity index (χ2v) is 12.6. The van der Waals surface area contributed by atoms with Crippen molar-refractivity contribution in [2.24, 2.45) is 5.92 Å². The number of alkyl carbamates (subject to hydrolysis) is 1. The maximum absolute atomic E-state index is 13.9. The van der Waals surface area contributed by atoms with E-state index in [4.69, 9.17) is 4.74 Å². The molecule has 1 heterocycles. The van der Waals surface area contributed by atoms with E-state index >= 15 is 0 Å². The molecular formula is C31H37N5O7S. The lowest BCUT2D eigenvalue weighted by Gasteiger charge is -2.30. The highest BCUT2D eigenvalue weighted by molar-refractivity contribution is 7.89. The summed E-state index contributed by atoms with van der Waals surface area (Å²) in [5.41, 5.74) is 2.47. The molecule has 1 aromatic heterocycles. The molecule has 0 aliphatic rings. The fourth-order valence-electron chi connectivity index (χ4n) is 4.59. The Hall–Kier alpha value is -4.46. The van der Waals surface area contributed by atoms with Crippen molar-refractivity contribution in [1.82, 2.24) is 19.6 Å². The van der Waals surface area contributed by atoms with Crippen molar-refractivity contribution in [3.8, 4) is 0 Å². The molecule has 1 unspecified atom stereocenters. The Morgan fingerprint density at radius 1 is 0.955 bits per heavy atom. The lowest BCUT2D eigenvalue weighted by molar-refractivity contribution is 0.0873. The molecule has 0 saturated heterocycles. The molecule has 44 heavy (non-hydrogen) atoms. The van der Waals surface area contributed by atoms with Crippen LogP contribution in [0.15, 0.2) is 83.8 Å². The van der Waals surface area contributed by atoms with E-state index in [-0.39, 0.29) is 42.9 Å². The van der Waals surface area contributed by atoms with Crippen LogP contribution in [0.25, 0.3) is 11.0 Å². The summed E-state index contributed by atoms with van der Waals surface area (Å²) >= 11 is 0. The fraction of sp³-hybridized carbons (Fsp3) is 0.323. The number of hydrogen-bond donors (Lipinski definition) is 4. The number of benzene rings is 3. The van der Waals surface area contributed by atoms with Crippen molar-refractivity contribution >= 4 is 39.2 Å². The van der Waals surface area contributed by atoms with E-state index in [2.05, 4.69) is 25.3 Å². The van der Waals surface area contributed by atoms with Gasteiger partial charge in [-0.25, -0.2) is 23.0 Å². The number of hydrogen-bond acceptors (Lipinski definition) is 8. The van der Waals surface area contributed by atoms with Gasteiger partial charge >= 0.3 is 12.2 Å². The van der Waals surface area contributed by atoms with Gasteiger partial charge < -0.3 is 24.9 Å². The molecule has 0 aliphatic heterocycles. The number of methoxy groups -OCH3 is 1. The Bertz CT molecular complexity index is 1650. The zero-order valence-corrected chi connectivity index (χ0v) is 25.6. The van der Waals surface area contributed by atoms with E-state index in [1.165, 1.54) is 29.6 Å². The van der Waals surface area contributed by atoms with E-state index in [9.17, 15) is 23.1 Å². The number of sulfonamides is 1. The first kappa shape index (κ1) is 32.5. The van der Waals surface area contributed by atoms with Gasteiger partial charge in [0.05, 0.1) is 35.2 Å². The number of anilines is 1. The maximum Gasteiger partial charge on any atom is 0.413 e. The van der Waals surface area contributed by atoms with Crippen molar-refractivity contribution in [1.29, 1.82) is 0 Å². The van der Waals surface area contributed by atoms with Gasteiger partial charge in [0.25, 0.3) is 0 Å². The van der Waals surface area contributed by atoms with Crippen molar-refractivity contribution < 1.29 is 32.6 Å². The van der Waals surface area contributed by atoms with Crippen LogP contribution in [-0.2, 0) is 32.5 Å². The largest absolute Gasteiger partial charge is 0.453 e. The summed E-state index contributed by atoms with van der Waals surface area (Å²) in [4.78, 5) is 31.4. The van der Waals surface area contributed by atoms with Gasteiger partial charge in [-0.05, 0) is 41.7 Å². The number of carbonyl (C=O) groups is 2. The third kappa shape index (κ3) is 8.78. The minimum Gasteiger partial charge on any atom is -0.453 e. The zero-order valence-electron chi connectivity index (χ0n) is 24.8. The number of ether oxygens (including phenoxy) is 2. The number of aromatic nitrogens is 2. The maximum atomic E-state index is 13.9. The average Bonchev–Trinajstić information content (AvgIpc) is 3.41. The highest BCUT2D eigenvalue weighted by Gasteiger charge is 2.32. The number of nitrogens with one attached hydrogen (secondary N) is 3. The predicted octanol–water partition coefficient (Wildman–Crippen LogP) is 4.29. The molecule has 0 fully saturated rings. The molecule has 12 nitrogen and oxygen atoms in total. The second kappa shape index (κ2) is 14.8. The lowest BCUT2D eigenvalue weighted by atomic mass is 10.0. The van der Waals surface area contributed by atoms with Gasteiger partial charge in [-0.3, -0.25) is 5.32 Å². The monoisotopic (exact) mass is 623 g/mol. The molecule has 0 saturated carbocycles. The molecule has 234 valence electrons. The number of aliphatic hydroxyl groups is 1. The summed E-state index contributed by atoms with van der Waals surface area (Å²) < 4.78 is 39.0. The number of amides is 2. The fourth-order valence-corrected chi connectivity index (χ4v) is 6.23. The van der Waals surface area contributed by atoms with Crippen molar-refractivity contribution in [3.05, 3.63) is 90.0 Å². The standard InChI is InChI=1S/C31H37N5O7S/c1-21(2)18-36(44(40,41)24-14-15-25-26(17-24)33-29(32-25)35-30(38)42-3)19-28(37)27(16-22-10-6-4-7-11-22)34-31(39)43-20-23-12-8-5-9-13-23/h4-15,17,21,27-28,37H,16,18-20H2,1-3H3,(H,34,39)(H2,32,33,35,38)/t27-,28?/m0/s1. The third-order valence-electron chi connectivity index (χ3n) is 6.74. The summed E-state index contributed by atoms with van der Waals surface area (Å²) in [5.74, 6) is 0.0323. The normalized spacial score (nSPS) is 13.0. The Kier molecular flexibility index (Phi) is 10.9. The molecule has 4 N–H and O–H groups in total. The van der Waals surface area contributed by atoms with Crippen LogP contribution >= 0.6 is 0 Å². The van der Waals surface area contributed by atoms with E-state index < -0.39 is 34.4 Å². The zero-order chi connectivity index (χ0) is 31.7. The lowest BCUT2D eigenvalue weighted by Crippen LogP contribution is -2.51. The predicted molar refractivity (Wildman–Crippen MR) is 165 cm³/mol. The summed E-state index contributed by atoms with van der Waals surface area (Å²) in [6, 6.07) is 22.0. The highest BCUT2D eigenvalue weighted by Crippen LogP contribution is 2.24. The van der Waals surface area contributed by atoms with Gasteiger partial charge in [0.1, 0.15) is 6.61 Å². The average molecular weight is 624 g/mol. The topological polar surface area (TPSA) is 163 Å². The quantitative estimate of drug-likeness (QED) is 0.171. The van der Waals surface area contributed by atoms with Gasteiger partial charge in [-0.1, -0.05) is 74.5 Å². The molecule has 13 heteroatoms. The molecule has 0 aliphatic carbocycles. The Balaban J connectivity index is 1.55. The minimum atomic E-state index is -4.11. The number of H-pyrrole nitrogens is 1. The van der Waals surface area contributed by atoms with Crippen LogP contribution in [-0.4, -0.2) is 72.3 Å². The first-order chi connectivity index (χ1) is 21.0. The van der Waals surface area contributed by atoms with Gasteiger partial charge in [-0.2, -0.15) is 4.31 Å². The summed E-state index contributed by atoms with van der Waals surface area (Å²) in [5, 5.41) is 16.6. The van der Waals surface area contributed by atoms with Crippen LogP contribution < -0.4 is 10.6 Å². The van der Waals surface area contributed by atoms with Crippen LogP contribution in [0.3, 0.4) is 0 Å². The van der Waals surface area contributed by atoms with Crippen LogP contribution in [0.5, 0.6) is 0 Å². The number of carbonyl (C=O) groups excluding carboxylic acids is 2. The van der Waals surface area contributed by atoms with Crippen molar-refractivity contribution in [3.63, 3.8) is 0 Å². The minimum absolute atomic E-state index is 0.0269. The van der Waals surface area contributed by atoms with Crippen LogP contribution in [0.2, 0.25) is 0 Å². The van der Waals surface area contributed by atoms with Crippen molar-refractivity contribution in [2.45, 2.75) is 43.9 Å². The molecular weight excluding hydrogens is 586 g/mol. The Morgan fingerprint density at radius 3 is 2.25 bits per heavy atom. The van der Waals surface area contributed by atoms with Crippen LogP contribution in [0, 0.1) is 5.92 Å². The first-order valence-electron chi connectivity index (χ1n) is 14.1. The summed E-state index contributed by atoms with van der Waals surface area (Å²) in [6.07, 6.45) is -2.49. The molecule has 0 radical (unpaired) electrons. The number of rotatable bonds is 13. The second-order valence-electron chi connectivity index (χ2n) is 10.7. The van der Waals surface area contributed by atoms with E-state index in [0.717, 1.165) is 11.1 Å². The van der Waals surface area contributed by atoms with Crippen LogP contribution in [0.1, 0.15) is 25.0 Å². The van der Waals surface area contributed by atoms with Gasteiger partial charge in [0, 0.05) is 13.1 Å². The molecule has 4 rings (SSSR count). The summed E-state index contributed by atoms with van der Waals surface area (Å²) in [6.45, 7) is 3.62. The van der Waals surface area contributed by atoms with E-state index in [0.29, 0.717) is 11.0 Å². The van der Waals surface area contributed by atoms with Crippen molar-refractivity contribution in [2.75, 3.05) is 25.5 Å². The molecule has 3 aromatic carbocycles. The molecule has 0 spiro atoms. The van der Waals surface area contributed by atoms with E-state index in [1.807, 2.05) is 74.5 Å². The molecule has 4 aromatic rings. The molecule has 2 atom stereocenters. The third-order valence-corrected chi connectivity index (χ3v) is 8.56. The SMILES string of the molecule is COC(=O)Nc1nc2ccc(S(=O)(=O)N(CC(C)C)CC(O)[C@H](Cc3ccccc3)NC(=O)OCc3ccccc3)cc2[nH]1. The van der Waals surface area contributed by atoms with Crippen LogP contribution in [0.4, 0.5) is 15.5 Å². The summed E-state index contributed by atoms with van der Waals surface area (Å²) in [7, 11) is -2.90. The number of aliphatic hydroxyl groups excluding tert-OH is 1. The number of imidazole rings is 1. The first-order valence-corrected chi connectivity index (χ1v) is 15.5. The molecule has 2 amide bonds. The van der Waals surface area contributed by atoms with Gasteiger partial charge in [0.15, 0.2) is 0 Å². The molecule has 0 bridgehead atoms. The Labute approximate surface area is 256 Å². The highest BCUT2D eigenvalue weighted by atomic mass is 32.2. The Morgan fingerprint density at radius 2 is 1.61 bits per heavy atom. The number of nitrogens with zero attached hydrogens (tertiary/aromatic N) is 2. The smallest absolute Gasteiger partial charge is 0.413 e. The van der Waals surface area contributed by atoms with Gasteiger partial charge in [0.2, 0.25) is 16.0 Å². The van der Waals surface area contributed by atoms with E-state index in [1.54, 1.807) is 0 Å². The number of fused-ring (bicyclic) bond motifs is 1. The van der Waals surface area contributed by atoms with Gasteiger partial charge in [-0.15, -0.1) is 0 Å².